The molecule has 5 heteroatoms. The Morgan fingerprint density at radius 2 is 1.85 bits per heavy atom. The highest BCUT2D eigenvalue weighted by molar-refractivity contribution is 5.91. The van der Waals surface area contributed by atoms with Crippen LogP contribution in [0, 0.1) is 20.8 Å². The van der Waals surface area contributed by atoms with Crippen LogP contribution in [-0.4, -0.2) is 20.7 Å². The Hall–Kier alpha value is -3.21. The van der Waals surface area contributed by atoms with Gasteiger partial charge in [0.2, 0.25) is 5.91 Å². The van der Waals surface area contributed by atoms with E-state index in [4.69, 9.17) is 0 Å². The molecule has 132 valence electrons. The molecule has 2 aromatic heterocycles. The molecule has 2 heterocycles. The van der Waals surface area contributed by atoms with Crippen LogP contribution in [0.15, 0.2) is 54.6 Å². The molecule has 5 nitrogen and oxygen atoms in total. The fourth-order valence-electron chi connectivity index (χ4n) is 2.81. The van der Waals surface area contributed by atoms with Crippen LogP contribution in [0.3, 0.4) is 0 Å². The molecule has 0 fully saturated rings. The van der Waals surface area contributed by atoms with E-state index in [0.717, 1.165) is 34.0 Å². The van der Waals surface area contributed by atoms with Gasteiger partial charge in [-0.05, 0) is 51.1 Å². The predicted octanol–water partition coefficient (Wildman–Crippen LogP) is 3.52. The molecule has 0 aliphatic carbocycles. The lowest BCUT2D eigenvalue weighted by molar-refractivity contribution is -0.116. The zero-order valence-corrected chi connectivity index (χ0v) is 15.2. The summed E-state index contributed by atoms with van der Waals surface area (Å²) in [5.74, 6) is -0.153. The van der Waals surface area contributed by atoms with Crippen molar-refractivity contribution >= 4 is 12.0 Å². The second-order valence-corrected chi connectivity index (χ2v) is 6.15. The molecule has 0 saturated heterocycles. The summed E-state index contributed by atoms with van der Waals surface area (Å²) in [5.41, 5.74) is 5.62. The van der Waals surface area contributed by atoms with E-state index in [1.807, 2.05) is 80.1 Å². The molecular weight excluding hydrogens is 324 g/mol. The van der Waals surface area contributed by atoms with Crippen molar-refractivity contribution < 1.29 is 4.79 Å². The first kappa shape index (κ1) is 17.6. The monoisotopic (exact) mass is 346 g/mol. The van der Waals surface area contributed by atoms with Gasteiger partial charge >= 0.3 is 0 Å². The highest BCUT2D eigenvalue weighted by Gasteiger charge is 2.10. The number of carbonyl (C=O) groups excluding carboxylic acids is 1. The molecule has 0 aliphatic heterocycles. The lowest BCUT2D eigenvalue weighted by atomic mass is 10.2. The lowest BCUT2D eigenvalue weighted by Gasteiger charge is -2.04. The summed E-state index contributed by atoms with van der Waals surface area (Å²) in [4.78, 5) is 16.5. The smallest absolute Gasteiger partial charge is 0.244 e. The quantitative estimate of drug-likeness (QED) is 0.719. The van der Waals surface area contributed by atoms with Crippen molar-refractivity contribution in [3.8, 4) is 5.69 Å². The van der Waals surface area contributed by atoms with Crippen LogP contribution in [0.25, 0.3) is 11.8 Å². The molecule has 1 amide bonds. The number of rotatable bonds is 5. The molecule has 0 unspecified atom stereocenters. The zero-order chi connectivity index (χ0) is 18.5. The van der Waals surface area contributed by atoms with E-state index in [1.165, 1.54) is 0 Å². The van der Waals surface area contributed by atoms with Gasteiger partial charge in [-0.25, -0.2) is 4.68 Å². The summed E-state index contributed by atoms with van der Waals surface area (Å²) in [5, 5.41) is 7.44. The van der Waals surface area contributed by atoms with Gasteiger partial charge in [0.25, 0.3) is 0 Å². The van der Waals surface area contributed by atoms with Crippen LogP contribution in [0.5, 0.6) is 0 Å². The van der Waals surface area contributed by atoms with Gasteiger partial charge in [-0.1, -0.05) is 24.3 Å². The van der Waals surface area contributed by atoms with Crippen molar-refractivity contribution in [3.05, 3.63) is 82.9 Å². The maximum atomic E-state index is 12.1. The number of hydrogen-bond donors (Lipinski definition) is 1. The number of para-hydroxylation sites is 1. The predicted molar refractivity (Wildman–Crippen MR) is 103 cm³/mol. The van der Waals surface area contributed by atoms with Crippen molar-refractivity contribution in [2.45, 2.75) is 27.3 Å². The van der Waals surface area contributed by atoms with Crippen molar-refractivity contribution in [1.29, 1.82) is 0 Å². The Morgan fingerprint density at radius 3 is 2.58 bits per heavy atom. The Bertz CT molecular complexity index is 942. The van der Waals surface area contributed by atoms with E-state index < -0.39 is 0 Å². The zero-order valence-electron chi connectivity index (χ0n) is 15.2. The number of nitrogens with one attached hydrogen (secondary N) is 1. The molecule has 1 aromatic carbocycles. The van der Waals surface area contributed by atoms with Gasteiger partial charge < -0.3 is 5.32 Å². The summed E-state index contributed by atoms with van der Waals surface area (Å²) in [6.07, 6.45) is 3.36. The second kappa shape index (κ2) is 7.78. The highest BCUT2D eigenvalue weighted by atomic mass is 16.1. The number of benzene rings is 1. The third kappa shape index (κ3) is 4.06. The van der Waals surface area contributed by atoms with Crippen LogP contribution in [0.4, 0.5) is 0 Å². The number of amides is 1. The van der Waals surface area contributed by atoms with Crippen LogP contribution in [-0.2, 0) is 11.3 Å². The van der Waals surface area contributed by atoms with Gasteiger partial charge in [-0.15, -0.1) is 0 Å². The Morgan fingerprint density at radius 1 is 1.08 bits per heavy atom. The van der Waals surface area contributed by atoms with Gasteiger partial charge in [0.05, 0.1) is 23.6 Å². The van der Waals surface area contributed by atoms with Gasteiger partial charge in [0.15, 0.2) is 0 Å². The van der Waals surface area contributed by atoms with Crippen LogP contribution < -0.4 is 5.32 Å². The number of aryl methyl sites for hydroxylation is 2. The molecule has 0 radical (unpaired) electrons. The van der Waals surface area contributed by atoms with Gasteiger partial charge in [-0.3, -0.25) is 9.78 Å². The summed E-state index contributed by atoms with van der Waals surface area (Å²) in [7, 11) is 0. The molecule has 1 N–H and O–H groups in total. The van der Waals surface area contributed by atoms with Crippen molar-refractivity contribution in [2.24, 2.45) is 0 Å². The average Bonchev–Trinajstić information content (AvgIpc) is 2.93. The van der Waals surface area contributed by atoms with Crippen molar-refractivity contribution in [1.82, 2.24) is 20.1 Å². The third-order valence-electron chi connectivity index (χ3n) is 4.14. The minimum absolute atomic E-state index is 0.153. The summed E-state index contributed by atoms with van der Waals surface area (Å²) >= 11 is 0. The minimum atomic E-state index is -0.153. The first-order chi connectivity index (χ1) is 12.5. The number of pyridine rings is 1. The molecule has 0 bridgehead atoms. The first-order valence-electron chi connectivity index (χ1n) is 8.54. The molecule has 0 aliphatic rings. The van der Waals surface area contributed by atoms with E-state index in [1.54, 1.807) is 6.08 Å². The van der Waals surface area contributed by atoms with E-state index in [0.29, 0.717) is 6.54 Å². The van der Waals surface area contributed by atoms with Crippen LogP contribution in [0.1, 0.15) is 28.3 Å². The molecular formula is C21H22N4O. The van der Waals surface area contributed by atoms with E-state index in [9.17, 15) is 4.79 Å². The Kier molecular flexibility index (Phi) is 5.27. The van der Waals surface area contributed by atoms with E-state index >= 15 is 0 Å². The molecule has 0 spiro atoms. The standard InChI is InChI=1S/C21H22N4O/c1-15-8-7-9-18(23-15)14-22-21(26)13-12-20-16(2)24-25(17(20)3)19-10-5-4-6-11-19/h4-13H,14H2,1-3H3,(H,22,26)/b13-12+. The topological polar surface area (TPSA) is 59.8 Å². The fourth-order valence-corrected chi connectivity index (χ4v) is 2.81. The molecule has 3 aromatic rings. The first-order valence-corrected chi connectivity index (χ1v) is 8.54. The van der Waals surface area contributed by atoms with Gasteiger partial charge in [0.1, 0.15) is 0 Å². The molecule has 26 heavy (non-hydrogen) atoms. The van der Waals surface area contributed by atoms with Crippen LogP contribution >= 0.6 is 0 Å². The third-order valence-corrected chi connectivity index (χ3v) is 4.14. The van der Waals surface area contributed by atoms with Gasteiger partial charge in [-0.2, -0.15) is 5.10 Å². The minimum Gasteiger partial charge on any atom is -0.347 e. The number of carbonyl (C=O) groups is 1. The lowest BCUT2D eigenvalue weighted by Crippen LogP contribution is -2.20. The normalized spacial score (nSPS) is 11.0. The number of hydrogen-bond acceptors (Lipinski definition) is 3. The number of aromatic nitrogens is 3. The maximum Gasteiger partial charge on any atom is 0.244 e. The van der Waals surface area contributed by atoms with E-state index in [-0.39, 0.29) is 5.91 Å². The maximum absolute atomic E-state index is 12.1. The van der Waals surface area contributed by atoms with Crippen molar-refractivity contribution in [3.63, 3.8) is 0 Å². The summed E-state index contributed by atoms with van der Waals surface area (Å²) < 4.78 is 1.89. The number of nitrogens with zero attached hydrogens (tertiary/aromatic N) is 3. The summed E-state index contributed by atoms with van der Waals surface area (Å²) in [6, 6.07) is 15.7. The Labute approximate surface area is 153 Å². The Balaban J connectivity index is 1.70. The molecule has 0 atom stereocenters. The fraction of sp³-hybridized carbons (Fsp3) is 0.190. The largest absolute Gasteiger partial charge is 0.347 e. The summed E-state index contributed by atoms with van der Waals surface area (Å²) in [6.45, 7) is 6.29. The van der Waals surface area contributed by atoms with Gasteiger partial charge in [0, 0.05) is 23.0 Å². The van der Waals surface area contributed by atoms with Crippen LogP contribution in [0.2, 0.25) is 0 Å². The average molecular weight is 346 g/mol. The van der Waals surface area contributed by atoms with E-state index in [2.05, 4.69) is 15.4 Å². The molecule has 3 rings (SSSR count). The second-order valence-electron chi connectivity index (χ2n) is 6.15. The highest BCUT2D eigenvalue weighted by Crippen LogP contribution is 2.19. The molecule has 0 saturated carbocycles. The SMILES string of the molecule is Cc1cccc(CNC(=O)/C=C/c2c(C)nn(-c3ccccc3)c2C)n1. The van der Waals surface area contributed by atoms with Crippen molar-refractivity contribution in [2.75, 3.05) is 0 Å².